The Morgan fingerprint density at radius 2 is 1.68 bits per heavy atom. The number of nitrogens with one attached hydrogen (secondary N) is 2. The van der Waals surface area contributed by atoms with Crippen molar-refractivity contribution in [1.29, 1.82) is 0 Å². The molecule has 1 aromatic heterocycles. The molecule has 0 saturated carbocycles. The van der Waals surface area contributed by atoms with Crippen molar-refractivity contribution in [2.75, 3.05) is 23.3 Å². The largest absolute Gasteiger partial charge is 0.457 e. The number of hydrogen-bond donors (Lipinski definition) is 2. The van der Waals surface area contributed by atoms with Gasteiger partial charge in [-0.2, -0.15) is 0 Å². The van der Waals surface area contributed by atoms with Crippen LogP contribution in [0.2, 0.25) is 0 Å². The molecule has 0 aliphatic carbocycles. The van der Waals surface area contributed by atoms with E-state index in [4.69, 9.17) is 16.6 Å². The minimum Gasteiger partial charge on any atom is -0.457 e. The molecule has 158 valence electrons. The molecule has 31 heavy (non-hydrogen) atoms. The number of carbonyl (C=O) groups excluding carboxylic acids is 1. The SMILES string of the molecule is O=C(/C=C/c1ccc(-c2ccccc2)o1)NC(=S)Nc1ccc(N2CCCCC2)cc1. The molecule has 2 aromatic carbocycles. The van der Waals surface area contributed by atoms with Gasteiger partial charge in [0, 0.05) is 36.1 Å². The van der Waals surface area contributed by atoms with Crippen LogP contribution in [0.4, 0.5) is 11.4 Å². The minimum absolute atomic E-state index is 0.254. The van der Waals surface area contributed by atoms with Crippen LogP contribution in [0.1, 0.15) is 25.0 Å². The number of piperidine rings is 1. The first-order chi connectivity index (χ1) is 15.2. The molecule has 0 atom stereocenters. The molecule has 1 aliphatic heterocycles. The van der Waals surface area contributed by atoms with Crippen LogP contribution in [0.25, 0.3) is 17.4 Å². The summed E-state index contributed by atoms with van der Waals surface area (Å²) < 4.78 is 5.76. The molecule has 4 rings (SSSR count). The Morgan fingerprint density at radius 3 is 2.42 bits per heavy atom. The summed E-state index contributed by atoms with van der Waals surface area (Å²) in [5.41, 5.74) is 3.05. The highest BCUT2D eigenvalue weighted by Gasteiger charge is 2.11. The number of anilines is 2. The number of hydrogen-bond acceptors (Lipinski definition) is 4. The van der Waals surface area contributed by atoms with Gasteiger partial charge in [0.05, 0.1) is 0 Å². The summed E-state index contributed by atoms with van der Waals surface area (Å²) in [6, 6.07) is 21.6. The number of carbonyl (C=O) groups is 1. The van der Waals surface area contributed by atoms with E-state index < -0.39 is 0 Å². The van der Waals surface area contributed by atoms with E-state index >= 15 is 0 Å². The molecule has 1 fully saturated rings. The van der Waals surface area contributed by atoms with Crippen LogP contribution in [0.3, 0.4) is 0 Å². The fourth-order valence-electron chi connectivity index (χ4n) is 3.58. The summed E-state index contributed by atoms with van der Waals surface area (Å²) >= 11 is 5.26. The normalized spacial score (nSPS) is 13.9. The Bertz CT molecular complexity index is 1050. The molecule has 1 saturated heterocycles. The van der Waals surface area contributed by atoms with Crippen molar-refractivity contribution in [2.45, 2.75) is 19.3 Å². The van der Waals surface area contributed by atoms with E-state index in [1.165, 1.54) is 31.0 Å². The average Bonchev–Trinajstić information content (AvgIpc) is 3.28. The molecule has 6 heteroatoms. The van der Waals surface area contributed by atoms with E-state index in [9.17, 15) is 4.79 Å². The van der Waals surface area contributed by atoms with Gasteiger partial charge in [0.25, 0.3) is 0 Å². The van der Waals surface area contributed by atoms with Crippen molar-refractivity contribution in [3.05, 3.63) is 78.6 Å². The standard InChI is InChI=1S/C25H25N3O2S/c29-24(16-14-22-13-15-23(30-22)19-7-3-1-4-8-19)27-25(31)26-20-9-11-21(12-10-20)28-17-5-2-6-18-28/h1,3-4,7-16H,2,5-6,17-18H2,(H2,26,27,29,31)/b16-14+. The van der Waals surface area contributed by atoms with Gasteiger partial charge in [0.15, 0.2) is 5.11 Å². The molecular formula is C25H25N3O2S. The van der Waals surface area contributed by atoms with Crippen LogP contribution in [0.5, 0.6) is 0 Å². The molecular weight excluding hydrogens is 406 g/mol. The summed E-state index contributed by atoms with van der Waals surface area (Å²) in [6.45, 7) is 2.21. The molecule has 0 radical (unpaired) electrons. The van der Waals surface area contributed by atoms with Crippen LogP contribution >= 0.6 is 12.2 Å². The van der Waals surface area contributed by atoms with Crippen LogP contribution in [-0.2, 0) is 4.79 Å². The molecule has 0 spiro atoms. The lowest BCUT2D eigenvalue weighted by atomic mass is 10.1. The van der Waals surface area contributed by atoms with Crippen LogP contribution in [0.15, 0.2) is 77.2 Å². The maximum atomic E-state index is 12.2. The fraction of sp³-hybridized carbons (Fsp3) is 0.200. The van der Waals surface area contributed by atoms with Crippen molar-refractivity contribution < 1.29 is 9.21 Å². The van der Waals surface area contributed by atoms with Crippen LogP contribution in [0, 0.1) is 0 Å². The van der Waals surface area contributed by atoms with Gasteiger partial charge in [-0.15, -0.1) is 0 Å². The third-order valence-electron chi connectivity index (χ3n) is 5.17. The van der Waals surface area contributed by atoms with Crippen molar-refractivity contribution in [3.63, 3.8) is 0 Å². The van der Waals surface area contributed by atoms with E-state index in [0.29, 0.717) is 5.76 Å². The number of furan rings is 1. The summed E-state index contributed by atoms with van der Waals surface area (Å²) in [7, 11) is 0. The minimum atomic E-state index is -0.319. The second-order valence-electron chi connectivity index (χ2n) is 7.44. The first-order valence-corrected chi connectivity index (χ1v) is 10.9. The maximum Gasteiger partial charge on any atom is 0.250 e. The zero-order valence-electron chi connectivity index (χ0n) is 17.2. The number of thiocarbonyl (C=S) groups is 1. The van der Waals surface area contributed by atoms with E-state index in [-0.39, 0.29) is 11.0 Å². The highest BCUT2D eigenvalue weighted by molar-refractivity contribution is 7.80. The summed E-state index contributed by atoms with van der Waals surface area (Å²) in [4.78, 5) is 14.6. The molecule has 5 nitrogen and oxygen atoms in total. The van der Waals surface area contributed by atoms with Gasteiger partial charge in [-0.3, -0.25) is 10.1 Å². The lowest BCUT2D eigenvalue weighted by Gasteiger charge is -2.28. The number of benzene rings is 2. The van der Waals surface area contributed by atoms with E-state index in [1.54, 1.807) is 6.08 Å². The van der Waals surface area contributed by atoms with Gasteiger partial charge in [0.2, 0.25) is 5.91 Å². The highest BCUT2D eigenvalue weighted by Crippen LogP contribution is 2.23. The molecule has 1 amide bonds. The number of rotatable bonds is 5. The second kappa shape index (κ2) is 10.1. The van der Waals surface area contributed by atoms with Gasteiger partial charge in [-0.1, -0.05) is 30.3 Å². The third-order valence-corrected chi connectivity index (χ3v) is 5.37. The average molecular weight is 432 g/mol. The molecule has 1 aliphatic rings. The molecule has 2 heterocycles. The lowest BCUT2D eigenvalue weighted by molar-refractivity contribution is -0.115. The van der Waals surface area contributed by atoms with E-state index in [1.807, 2.05) is 54.6 Å². The van der Waals surface area contributed by atoms with Gasteiger partial charge >= 0.3 is 0 Å². The van der Waals surface area contributed by atoms with Gasteiger partial charge in [-0.25, -0.2) is 0 Å². The molecule has 0 unspecified atom stereocenters. The maximum absolute atomic E-state index is 12.2. The third kappa shape index (κ3) is 5.83. The second-order valence-corrected chi connectivity index (χ2v) is 7.85. The highest BCUT2D eigenvalue weighted by atomic mass is 32.1. The van der Waals surface area contributed by atoms with E-state index in [2.05, 4.69) is 27.7 Å². The van der Waals surface area contributed by atoms with Crippen molar-refractivity contribution >= 4 is 40.7 Å². The Balaban J connectivity index is 1.27. The number of amides is 1. The quantitative estimate of drug-likeness (QED) is 0.415. The summed E-state index contributed by atoms with van der Waals surface area (Å²) in [5.74, 6) is 1.03. The van der Waals surface area contributed by atoms with Crippen molar-refractivity contribution in [1.82, 2.24) is 5.32 Å². The Labute approximate surface area is 187 Å². The van der Waals surface area contributed by atoms with Gasteiger partial charge < -0.3 is 14.6 Å². The molecule has 3 aromatic rings. The smallest absolute Gasteiger partial charge is 0.250 e. The van der Waals surface area contributed by atoms with E-state index in [0.717, 1.165) is 30.1 Å². The zero-order chi connectivity index (χ0) is 21.5. The topological polar surface area (TPSA) is 57.5 Å². The predicted octanol–water partition coefficient (Wildman–Crippen LogP) is 5.46. The van der Waals surface area contributed by atoms with Crippen LogP contribution < -0.4 is 15.5 Å². The fourth-order valence-corrected chi connectivity index (χ4v) is 3.80. The Hall–Kier alpha value is -3.38. The molecule has 2 N–H and O–H groups in total. The van der Waals surface area contributed by atoms with Crippen molar-refractivity contribution in [2.24, 2.45) is 0 Å². The zero-order valence-corrected chi connectivity index (χ0v) is 18.0. The monoisotopic (exact) mass is 431 g/mol. The summed E-state index contributed by atoms with van der Waals surface area (Å²) in [6.07, 6.45) is 6.83. The Kier molecular flexibility index (Phi) is 6.79. The first-order valence-electron chi connectivity index (χ1n) is 10.5. The first kappa shape index (κ1) is 20.9. The summed E-state index contributed by atoms with van der Waals surface area (Å²) in [5, 5.41) is 5.96. The Morgan fingerprint density at radius 1 is 0.935 bits per heavy atom. The predicted molar refractivity (Wildman–Crippen MR) is 130 cm³/mol. The van der Waals surface area contributed by atoms with Gasteiger partial charge in [-0.05, 0) is 74.0 Å². The van der Waals surface area contributed by atoms with Gasteiger partial charge in [0.1, 0.15) is 11.5 Å². The molecule has 0 bridgehead atoms. The van der Waals surface area contributed by atoms with Crippen molar-refractivity contribution in [3.8, 4) is 11.3 Å². The lowest BCUT2D eigenvalue weighted by Crippen LogP contribution is -2.32. The van der Waals surface area contributed by atoms with Crippen LogP contribution in [-0.4, -0.2) is 24.1 Å². The number of nitrogens with zero attached hydrogens (tertiary/aromatic N) is 1.